The number of likely N-dealkylation sites (tertiary alicyclic amines) is 1. The maximum atomic E-state index is 12.2. The van der Waals surface area contributed by atoms with E-state index in [2.05, 4.69) is 5.32 Å². The molecular weight excluding hydrogens is 248 g/mol. The summed E-state index contributed by atoms with van der Waals surface area (Å²) < 4.78 is 0. The van der Waals surface area contributed by atoms with Crippen molar-refractivity contribution in [3.05, 3.63) is 30.3 Å². The minimum absolute atomic E-state index is 0.238. The Morgan fingerprint density at radius 1 is 1.05 bits per heavy atom. The lowest BCUT2D eigenvalue weighted by atomic mass is 9.77. The van der Waals surface area contributed by atoms with Gasteiger partial charge in [0.05, 0.1) is 6.54 Å². The van der Waals surface area contributed by atoms with E-state index in [9.17, 15) is 4.79 Å². The molecule has 20 heavy (non-hydrogen) atoms. The summed E-state index contributed by atoms with van der Waals surface area (Å²) in [6, 6.07) is 9.95. The fourth-order valence-electron chi connectivity index (χ4n) is 3.70. The summed E-state index contributed by atoms with van der Waals surface area (Å²) in [5.74, 6) is 0.238. The highest BCUT2D eigenvalue weighted by Crippen LogP contribution is 2.46. The lowest BCUT2D eigenvalue weighted by Crippen LogP contribution is -2.44. The molecule has 0 aromatic heterocycles. The molecule has 1 heterocycles. The molecule has 0 bridgehead atoms. The summed E-state index contributed by atoms with van der Waals surface area (Å²) in [6.07, 6.45) is 7.98. The summed E-state index contributed by atoms with van der Waals surface area (Å²) in [7, 11) is 0. The Balaban J connectivity index is 1.47. The second-order valence-corrected chi connectivity index (χ2v) is 6.31. The number of para-hydroxylation sites is 1. The van der Waals surface area contributed by atoms with Crippen LogP contribution in [-0.4, -0.2) is 30.4 Å². The van der Waals surface area contributed by atoms with Crippen molar-refractivity contribution in [2.24, 2.45) is 5.41 Å². The topological polar surface area (TPSA) is 32.3 Å². The monoisotopic (exact) mass is 272 g/mol. The van der Waals surface area contributed by atoms with E-state index in [0.29, 0.717) is 12.0 Å². The van der Waals surface area contributed by atoms with E-state index in [1.54, 1.807) is 0 Å². The number of nitrogens with zero attached hydrogens (tertiary/aromatic N) is 1. The Morgan fingerprint density at radius 3 is 2.35 bits per heavy atom. The number of benzene rings is 1. The molecule has 1 aliphatic carbocycles. The van der Waals surface area contributed by atoms with E-state index < -0.39 is 0 Å². The lowest BCUT2D eigenvalue weighted by Gasteiger charge is -2.39. The van der Waals surface area contributed by atoms with E-state index in [4.69, 9.17) is 0 Å². The third kappa shape index (κ3) is 2.97. The number of piperidine rings is 1. The van der Waals surface area contributed by atoms with Crippen LogP contribution in [0, 0.1) is 5.41 Å². The molecule has 3 rings (SSSR count). The van der Waals surface area contributed by atoms with Gasteiger partial charge in [-0.05, 0) is 43.2 Å². The quantitative estimate of drug-likeness (QED) is 0.916. The fourth-order valence-corrected chi connectivity index (χ4v) is 3.70. The van der Waals surface area contributed by atoms with Gasteiger partial charge in [0, 0.05) is 18.8 Å². The molecule has 1 N–H and O–H groups in total. The minimum Gasteiger partial charge on any atom is -0.376 e. The Labute approximate surface area is 121 Å². The fraction of sp³-hybridized carbons (Fsp3) is 0.588. The van der Waals surface area contributed by atoms with E-state index >= 15 is 0 Å². The van der Waals surface area contributed by atoms with E-state index in [-0.39, 0.29) is 5.91 Å². The molecule has 3 nitrogen and oxygen atoms in total. The van der Waals surface area contributed by atoms with Gasteiger partial charge in [-0.15, -0.1) is 0 Å². The third-order valence-electron chi connectivity index (χ3n) is 5.06. The number of carbonyl (C=O) groups is 1. The van der Waals surface area contributed by atoms with Gasteiger partial charge in [0.25, 0.3) is 0 Å². The van der Waals surface area contributed by atoms with Crippen LogP contribution in [0.15, 0.2) is 30.3 Å². The average Bonchev–Trinajstić information content (AvgIpc) is 2.95. The maximum Gasteiger partial charge on any atom is 0.241 e. The molecule has 1 aromatic carbocycles. The SMILES string of the molecule is O=C(CNc1ccccc1)N1CCC2(CCCC2)CC1. The van der Waals surface area contributed by atoms with Gasteiger partial charge in [-0.25, -0.2) is 0 Å². The van der Waals surface area contributed by atoms with Gasteiger partial charge in [0.15, 0.2) is 0 Å². The van der Waals surface area contributed by atoms with Crippen LogP contribution in [0.5, 0.6) is 0 Å². The predicted octanol–water partition coefficient (Wildman–Crippen LogP) is 3.28. The summed E-state index contributed by atoms with van der Waals surface area (Å²) in [4.78, 5) is 14.3. The number of anilines is 1. The standard InChI is InChI=1S/C17H24N2O/c20-16(14-18-15-6-2-1-3-7-15)19-12-10-17(11-13-19)8-4-5-9-17/h1-3,6-7,18H,4-5,8-14H2. The van der Waals surface area contributed by atoms with Crippen molar-refractivity contribution in [2.45, 2.75) is 38.5 Å². The van der Waals surface area contributed by atoms with Gasteiger partial charge in [0.2, 0.25) is 5.91 Å². The van der Waals surface area contributed by atoms with Gasteiger partial charge in [-0.3, -0.25) is 4.79 Å². The predicted molar refractivity (Wildman–Crippen MR) is 81.6 cm³/mol. The smallest absolute Gasteiger partial charge is 0.241 e. The van der Waals surface area contributed by atoms with E-state index in [1.807, 2.05) is 35.2 Å². The van der Waals surface area contributed by atoms with Gasteiger partial charge in [-0.1, -0.05) is 31.0 Å². The Kier molecular flexibility index (Phi) is 3.95. The minimum atomic E-state index is 0.238. The molecule has 1 spiro atoms. The third-order valence-corrected chi connectivity index (χ3v) is 5.06. The molecular formula is C17H24N2O. The average molecular weight is 272 g/mol. The zero-order valence-corrected chi connectivity index (χ0v) is 12.1. The molecule has 0 radical (unpaired) electrons. The number of hydrogen-bond donors (Lipinski definition) is 1. The van der Waals surface area contributed by atoms with Crippen LogP contribution < -0.4 is 5.32 Å². The zero-order valence-electron chi connectivity index (χ0n) is 12.1. The first kappa shape index (κ1) is 13.5. The molecule has 2 fully saturated rings. The first-order chi connectivity index (χ1) is 9.77. The highest BCUT2D eigenvalue weighted by Gasteiger charge is 2.37. The van der Waals surface area contributed by atoms with Crippen molar-refractivity contribution in [2.75, 3.05) is 25.0 Å². The van der Waals surface area contributed by atoms with Crippen LogP contribution in [0.3, 0.4) is 0 Å². The first-order valence-electron chi connectivity index (χ1n) is 7.84. The Hall–Kier alpha value is -1.51. The van der Waals surface area contributed by atoms with Gasteiger partial charge in [-0.2, -0.15) is 0 Å². The van der Waals surface area contributed by atoms with E-state index in [1.165, 1.54) is 38.5 Å². The molecule has 1 aromatic rings. The van der Waals surface area contributed by atoms with Gasteiger partial charge in [0.1, 0.15) is 0 Å². The molecule has 108 valence electrons. The van der Waals surface area contributed by atoms with Crippen LogP contribution in [0.25, 0.3) is 0 Å². The first-order valence-corrected chi connectivity index (χ1v) is 7.84. The van der Waals surface area contributed by atoms with Crippen LogP contribution in [0.2, 0.25) is 0 Å². The summed E-state index contributed by atoms with van der Waals surface area (Å²) in [5.41, 5.74) is 1.61. The number of amides is 1. The van der Waals surface area contributed by atoms with Crippen molar-refractivity contribution >= 4 is 11.6 Å². The summed E-state index contributed by atoms with van der Waals surface area (Å²) >= 11 is 0. The van der Waals surface area contributed by atoms with Crippen molar-refractivity contribution < 1.29 is 4.79 Å². The highest BCUT2D eigenvalue weighted by atomic mass is 16.2. The van der Waals surface area contributed by atoms with Crippen molar-refractivity contribution in [1.29, 1.82) is 0 Å². The molecule has 2 aliphatic rings. The van der Waals surface area contributed by atoms with Crippen molar-refractivity contribution in [1.82, 2.24) is 4.90 Å². The molecule has 1 aliphatic heterocycles. The number of nitrogens with one attached hydrogen (secondary N) is 1. The van der Waals surface area contributed by atoms with Crippen LogP contribution in [0.1, 0.15) is 38.5 Å². The molecule has 3 heteroatoms. The summed E-state index contributed by atoms with van der Waals surface area (Å²) in [6.45, 7) is 2.32. The number of rotatable bonds is 3. The molecule has 0 atom stereocenters. The van der Waals surface area contributed by atoms with Crippen LogP contribution >= 0.6 is 0 Å². The molecule has 1 amide bonds. The van der Waals surface area contributed by atoms with Gasteiger partial charge < -0.3 is 10.2 Å². The Morgan fingerprint density at radius 2 is 1.70 bits per heavy atom. The normalized spacial score (nSPS) is 21.1. The second kappa shape index (κ2) is 5.86. The second-order valence-electron chi connectivity index (χ2n) is 6.31. The van der Waals surface area contributed by atoms with Crippen LogP contribution in [0.4, 0.5) is 5.69 Å². The van der Waals surface area contributed by atoms with Gasteiger partial charge >= 0.3 is 0 Å². The highest BCUT2D eigenvalue weighted by molar-refractivity contribution is 5.80. The number of carbonyl (C=O) groups excluding carboxylic acids is 1. The van der Waals surface area contributed by atoms with Crippen LogP contribution in [-0.2, 0) is 4.79 Å². The van der Waals surface area contributed by atoms with E-state index in [0.717, 1.165) is 18.8 Å². The Bertz CT molecular complexity index is 441. The zero-order chi connectivity index (χ0) is 13.8. The molecule has 1 saturated heterocycles. The largest absolute Gasteiger partial charge is 0.376 e. The summed E-state index contributed by atoms with van der Waals surface area (Å²) in [5, 5.41) is 3.21. The van der Waals surface area contributed by atoms with Crippen molar-refractivity contribution in [3.63, 3.8) is 0 Å². The lowest BCUT2D eigenvalue weighted by molar-refractivity contribution is -0.131. The maximum absolute atomic E-state index is 12.2. The molecule has 0 unspecified atom stereocenters. The molecule has 1 saturated carbocycles. The number of hydrogen-bond acceptors (Lipinski definition) is 2. The van der Waals surface area contributed by atoms with Crippen molar-refractivity contribution in [3.8, 4) is 0 Å².